The lowest BCUT2D eigenvalue weighted by atomic mass is 10.2. The van der Waals surface area contributed by atoms with Crippen LogP contribution in [-0.2, 0) is 0 Å². The van der Waals surface area contributed by atoms with Crippen molar-refractivity contribution in [1.29, 1.82) is 0 Å². The summed E-state index contributed by atoms with van der Waals surface area (Å²) in [5, 5.41) is 16.4. The monoisotopic (exact) mass is 383 g/mol. The third-order valence-electron chi connectivity index (χ3n) is 3.55. The van der Waals surface area contributed by atoms with E-state index in [-0.39, 0.29) is 5.75 Å². The summed E-state index contributed by atoms with van der Waals surface area (Å²) in [7, 11) is 0. The van der Waals surface area contributed by atoms with Crippen molar-refractivity contribution in [1.82, 2.24) is 4.68 Å². The lowest BCUT2D eigenvalue weighted by Crippen LogP contribution is -2.12. The fourth-order valence-corrected chi connectivity index (χ4v) is 3.14. The second-order valence-electron chi connectivity index (χ2n) is 5.87. The van der Waals surface area contributed by atoms with Gasteiger partial charge in [0.2, 0.25) is 4.80 Å². The Kier molecular flexibility index (Phi) is 5.93. The van der Waals surface area contributed by atoms with E-state index in [2.05, 4.69) is 16.7 Å². The van der Waals surface area contributed by atoms with Crippen LogP contribution in [0.1, 0.15) is 19.4 Å². The van der Waals surface area contributed by atoms with E-state index in [1.807, 2.05) is 31.4 Å². The molecule has 0 saturated carbocycles. The Morgan fingerprint density at radius 1 is 1.41 bits per heavy atom. The maximum absolute atomic E-state index is 9.84. The average molecular weight is 383 g/mol. The number of hydrogen-bond acceptors (Lipinski definition) is 6. The zero-order valence-electron chi connectivity index (χ0n) is 15.3. The summed E-state index contributed by atoms with van der Waals surface area (Å²) < 4.78 is 12.7. The number of phenolic OH excluding ortho intramolecular Hbond substituents is 1. The Balaban J connectivity index is 2.01. The maximum atomic E-state index is 9.84. The maximum Gasteiger partial charge on any atom is 0.206 e. The molecule has 0 radical (unpaired) electrons. The third-order valence-corrected chi connectivity index (χ3v) is 4.40. The molecule has 0 unspecified atom stereocenters. The van der Waals surface area contributed by atoms with Crippen LogP contribution in [-0.4, -0.2) is 29.1 Å². The molecule has 7 heteroatoms. The highest BCUT2D eigenvalue weighted by Gasteiger charge is 2.10. The Hall–Kier alpha value is -3.06. The summed E-state index contributed by atoms with van der Waals surface area (Å²) in [4.78, 5) is 5.31. The normalized spacial score (nSPS) is 12.0. The highest BCUT2D eigenvalue weighted by molar-refractivity contribution is 7.07. The van der Waals surface area contributed by atoms with Gasteiger partial charge in [-0.3, -0.25) is 4.99 Å². The molecule has 0 aliphatic rings. The molecule has 0 saturated heterocycles. The second kappa shape index (κ2) is 8.55. The predicted molar refractivity (Wildman–Crippen MR) is 108 cm³/mol. The van der Waals surface area contributed by atoms with E-state index in [0.717, 1.165) is 21.6 Å². The van der Waals surface area contributed by atoms with Crippen molar-refractivity contribution in [3.05, 3.63) is 64.5 Å². The minimum absolute atomic E-state index is 0.102. The quantitative estimate of drug-likeness (QED) is 0.489. The minimum atomic E-state index is 0.102. The van der Waals surface area contributed by atoms with Gasteiger partial charge in [-0.1, -0.05) is 12.2 Å². The Labute approximate surface area is 161 Å². The van der Waals surface area contributed by atoms with Crippen molar-refractivity contribution in [2.24, 2.45) is 10.1 Å². The molecule has 0 fully saturated rings. The standard InChI is InChI=1S/C20H21N3O3S/c1-4-25-19-10-15(7-8-17(19)24)12-22-23-16(18-6-5-9-26-18)13-27-20(23)21-11-14(2)3/h5-10,12-13,24H,2,4,11H2,1,3H3/b21-20?,22-12-. The highest BCUT2D eigenvalue weighted by Crippen LogP contribution is 2.26. The van der Waals surface area contributed by atoms with Crippen LogP contribution in [0.5, 0.6) is 11.5 Å². The smallest absolute Gasteiger partial charge is 0.206 e. The van der Waals surface area contributed by atoms with Crippen LogP contribution < -0.4 is 9.54 Å². The van der Waals surface area contributed by atoms with E-state index in [1.165, 1.54) is 11.3 Å². The number of ether oxygens (including phenoxy) is 1. The summed E-state index contributed by atoms with van der Waals surface area (Å²) in [6.45, 7) is 8.70. The van der Waals surface area contributed by atoms with Crippen molar-refractivity contribution < 1.29 is 14.3 Å². The highest BCUT2D eigenvalue weighted by atomic mass is 32.1. The van der Waals surface area contributed by atoms with E-state index < -0.39 is 0 Å². The van der Waals surface area contributed by atoms with Gasteiger partial charge in [0.1, 0.15) is 5.69 Å². The topological polar surface area (TPSA) is 72.2 Å². The summed E-state index contributed by atoms with van der Waals surface area (Å²) in [6, 6.07) is 8.81. The van der Waals surface area contributed by atoms with Gasteiger partial charge >= 0.3 is 0 Å². The molecular formula is C20H21N3O3S. The van der Waals surface area contributed by atoms with Crippen molar-refractivity contribution in [3.8, 4) is 23.0 Å². The number of nitrogens with zero attached hydrogens (tertiary/aromatic N) is 3. The number of aromatic hydroxyl groups is 1. The van der Waals surface area contributed by atoms with E-state index in [1.54, 1.807) is 35.4 Å². The number of furan rings is 1. The molecular weight excluding hydrogens is 362 g/mol. The van der Waals surface area contributed by atoms with Gasteiger partial charge in [0.15, 0.2) is 17.3 Å². The molecule has 2 aromatic heterocycles. The fourth-order valence-electron chi connectivity index (χ4n) is 2.32. The van der Waals surface area contributed by atoms with Crippen molar-refractivity contribution in [2.45, 2.75) is 13.8 Å². The van der Waals surface area contributed by atoms with E-state index in [0.29, 0.717) is 24.7 Å². The van der Waals surface area contributed by atoms with Gasteiger partial charge < -0.3 is 14.3 Å². The molecule has 0 aliphatic carbocycles. The van der Waals surface area contributed by atoms with Gasteiger partial charge in [0.05, 0.1) is 25.6 Å². The molecule has 140 valence electrons. The van der Waals surface area contributed by atoms with Gasteiger partial charge in [0.25, 0.3) is 0 Å². The number of aromatic nitrogens is 1. The van der Waals surface area contributed by atoms with Gasteiger partial charge in [0, 0.05) is 5.38 Å². The zero-order valence-corrected chi connectivity index (χ0v) is 16.1. The first-order valence-corrected chi connectivity index (χ1v) is 9.36. The van der Waals surface area contributed by atoms with Crippen LogP contribution in [0.2, 0.25) is 0 Å². The largest absolute Gasteiger partial charge is 0.504 e. The molecule has 3 rings (SSSR count). The van der Waals surface area contributed by atoms with Crippen LogP contribution in [0.15, 0.2) is 68.6 Å². The van der Waals surface area contributed by atoms with Crippen LogP contribution in [0.25, 0.3) is 11.5 Å². The van der Waals surface area contributed by atoms with Crippen LogP contribution in [0.3, 0.4) is 0 Å². The molecule has 0 bridgehead atoms. The molecule has 2 heterocycles. The SMILES string of the molecule is C=C(C)CN=c1scc(-c2ccco2)n1/N=C\c1ccc(O)c(OCC)c1. The van der Waals surface area contributed by atoms with Crippen molar-refractivity contribution in [3.63, 3.8) is 0 Å². The van der Waals surface area contributed by atoms with E-state index >= 15 is 0 Å². The van der Waals surface area contributed by atoms with E-state index in [9.17, 15) is 5.11 Å². The zero-order chi connectivity index (χ0) is 19.2. The molecule has 1 N–H and O–H groups in total. The first kappa shape index (κ1) is 18.7. The minimum Gasteiger partial charge on any atom is -0.504 e. The lowest BCUT2D eigenvalue weighted by molar-refractivity contribution is 0.318. The average Bonchev–Trinajstić information content (AvgIpc) is 3.30. The van der Waals surface area contributed by atoms with Crippen LogP contribution in [0.4, 0.5) is 0 Å². The van der Waals surface area contributed by atoms with Gasteiger partial charge in [-0.25, -0.2) is 4.68 Å². The van der Waals surface area contributed by atoms with Gasteiger partial charge in [-0.15, -0.1) is 11.3 Å². The molecule has 3 aromatic rings. The molecule has 0 spiro atoms. The summed E-state index contributed by atoms with van der Waals surface area (Å²) in [5.41, 5.74) is 2.58. The summed E-state index contributed by atoms with van der Waals surface area (Å²) in [6.07, 6.45) is 3.32. The van der Waals surface area contributed by atoms with E-state index in [4.69, 9.17) is 9.15 Å². The molecule has 1 aromatic carbocycles. The number of thiazole rings is 1. The summed E-state index contributed by atoms with van der Waals surface area (Å²) in [5.74, 6) is 1.24. The molecule has 6 nitrogen and oxygen atoms in total. The number of hydrogen-bond donors (Lipinski definition) is 1. The summed E-state index contributed by atoms with van der Waals surface area (Å²) >= 11 is 1.48. The van der Waals surface area contributed by atoms with Crippen molar-refractivity contribution >= 4 is 17.6 Å². The lowest BCUT2D eigenvalue weighted by Gasteiger charge is -2.06. The third kappa shape index (κ3) is 4.57. The first-order chi connectivity index (χ1) is 13.1. The molecule has 0 atom stereocenters. The number of phenols is 1. The van der Waals surface area contributed by atoms with Crippen LogP contribution in [0, 0.1) is 0 Å². The second-order valence-corrected chi connectivity index (χ2v) is 6.71. The number of benzene rings is 1. The molecule has 0 aliphatic heterocycles. The molecule has 0 amide bonds. The Bertz CT molecular complexity index is 1010. The predicted octanol–water partition coefficient (Wildman–Crippen LogP) is 4.27. The van der Waals surface area contributed by atoms with Gasteiger partial charge in [-0.2, -0.15) is 5.10 Å². The first-order valence-electron chi connectivity index (χ1n) is 8.48. The Morgan fingerprint density at radius 3 is 2.96 bits per heavy atom. The fraction of sp³-hybridized carbons (Fsp3) is 0.200. The molecule has 27 heavy (non-hydrogen) atoms. The van der Waals surface area contributed by atoms with Crippen molar-refractivity contribution in [2.75, 3.05) is 13.2 Å². The number of rotatable bonds is 7. The van der Waals surface area contributed by atoms with Gasteiger partial charge in [-0.05, 0) is 49.7 Å². The Morgan fingerprint density at radius 2 is 2.26 bits per heavy atom. The van der Waals surface area contributed by atoms with Crippen LogP contribution >= 0.6 is 11.3 Å².